The Morgan fingerprint density at radius 1 is 1.20 bits per heavy atom. The lowest BCUT2D eigenvalue weighted by molar-refractivity contribution is 0.102. The summed E-state index contributed by atoms with van der Waals surface area (Å²) < 4.78 is 11.0. The van der Waals surface area contributed by atoms with Gasteiger partial charge in [0.25, 0.3) is 5.91 Å². The van der Waals surface area contributed by atoms with E-state index < -0.39 is 0 Å². The number of benzene rings is 2. The smallest absolute Gasteiger partial charge is 0.255 e. The van der Waals surface area contributed by atoms with Gasteiger partial charge in [-0.25, -0.2) is 0 Å². The van der Waals surface area contributed by atoms with Crippen molar-refractivity contribution in [2.75, 3.05) is 19.0 Å². The summed E-state index contributed by atoms with van der Waals surface area (Å²) >= 11 is 12.1. The Balaban J connectivity index is 2.14. The van der Waals surface area contributed by atoms with E-state index in [1.165, 1.54) is 0 Å². The van der Waals surface area contributed by atoms with E-state index in [-0.39, 0.29) is 5.91 Å². The molecule has 2 aromatic carbocycles. The highest BCUT2D eigenvalue weighted by Crippen LogP contribution is 2.30. The molecule has 0 spiro atoms. The summed E-state index contributed by atoms with van der Waals surface area (Å²) in [6, 6.07) is 10.3. The summed E-state index contributed by atoms with van der Waals surface area (Å²) in [4.78, 5) is 12.5. The third kappa shape index (κ3) is 5.36. The second-order valence-electron chi connectivity index (χ2n) is 5.49. The fourth-order valence-electron chi connectivity index (χ4n) is 2.26. The first-order valence-corrected chi connectivity index (χ1v) is 8.82. The number of rotatable bonds is 8. The molecular weight excluding hydrogens is 361 g/mol. The van der Waals surface area contributed by atoms with Crippen LogP contribution in [0.3, 0.4) is 0 Å². The van der Waals surface area contributed by atoms with Gasteiger partial charge in [0.2, 0.25) is 0 Å². The molecule has 0 bridgehead atoms. The Morgan fingerprint density at radius 3 is 2.72 bits per heavy atom. The first-order chi connectivity index (χ1) is 12.1. The Hall–Kier alpha value is -1.75. The van der Waals surface area contributed by atoms with Crippen molar-refractivity contribution < 1.29 is 14.3 Å². The van der Waals surface area contributed by atoms with E-state index >= 15 is 0 Å². The number of ether oxygens (including phenoxy) is 2. The molecule has 134 valence electrons. The van der Waals surface area contributed by atoms with Gasteiger partial charge in [-0.3, -0.25) is 4.79 Å². The van der Waals surface area contributed by atoms with Crippen LogP contribution >= 0.6 is 23.2 Å². The van der Waals surface area contributed by atoms with Crippen molar-refractivity contribution >= 4 is 34.8 Å². The predicted molar refractivity (Wildman–Crippen MR) is 102 cm³/mol. The molecule has 0 atom stereocenters. The highest BCUT2D eigenvalue weighted by atomic mass is 35.5. The summed E-state index contributed by atoms with van der Waals surface area (Å²) in [7, 11) is 1.59. The van der Waals surface area contributed by atoms with Gasteiger partial charge < -0.3 is 14.8 Å². The Labute approximate surface area is 158 Å². The molecule has 0 aliphatic heterocycles. The molecule has 0 radical (unpaired) electrons. The van der Waals surface area contributed by atoms with E-state index in [1.54, 1.807) is 43.5 Å². The lowest BCUT2D eigenvalue weighted by Gasteiger charge is -2.12. The fraction of sp³-hybridized carbons (Fsp3) is 0.316. The van der Waals surface area contributed by atoms with Gasteiger partial charge in [0.1, 0.15) is 5.75 Å². The van der Waals surface area contributed by atoms with Crippen LogP contribution in [0.15, 0.2) is 36.4 Å². The van der Waals surface area contributed by atoms with Crippen LogP contribution < -0.4 is 10.1 Å². The van der Waals surface area contributed by atoms with Crippen LogP contribution in [0.2, 0.25) is 10.0 Å². The lowest BCUT2D eigenvalue weighted by Crippen LogP contribution is -2.13. The van der Waals surface area contributed by atoms with Crippen LogP contribution in [-0.2, 0) is 11.3 Å². The number of unbranched alkanes of at least 4 members (excludes halogenated alkanes) is 1. The summed E-state index contributed by atoms with van der Waals surface area (Å²) in [5.41, 5.74) is 1.78. The highest BCUT2D eigenvalue weighted by Gasteiger charge is 2.13. The third-order valence-corrected chi connectivity index (χ3v) is 4.46. The number of hydrogen-bond donors (Lipinski definition) is 1. The first kappa shape index (κ1) is 19.6. The second-order valence-corrected chi connectivity index (χ2v) is 6.27. The number of anilines is 1. The molecular formula is C19H21Cl2NO3. The van der Waals surface area contributed by atoms with Crippen LogP contribution in [-0.4, -0.2) is 19.6 Å². The molecule has 0 saturated heterocycles. The number of amides is 1. The molecule has 6 heteroatoms. The molecule has 0 heterocycles. The number of halogens is 2. The fourth-order valence-corrected chi connectivity index (χ4v) is 2.60. The molecule has 0 saturated carbocycles. The van der Waals surface area contributed by atoms with Gasteiger partial charge in [-0.15, -0.1) is 0 Å². The van der Waals surface area contributed by atoms with Crippen molar-refractivity contribution in [1.82, 2.24) is 0 Å². The minimum Gasteiger partial charge on any atom is -0.496 e. The molecule has 2 aromatic rings. The molecule has 0 aromatic heterocycles. The number of hydrogen-bond acceptors (Lipinski definition) is 3. The summed E-state index contributed by atoms with van der Waals surface area (Å²) in [5, 5.41) is 3.47. The van der Waals surface area contributed by atoms with Crippen LogP contribution in [0.4, 0.5) is 5.69 Å². The molecule has 0 unspecified atom stereocenters. The van der Waals surface area contributed by atoms with E-state index in [9.17, 15) is 4.79 Å². The minimum absolute atomic E-state index is 0.276. The molecule has 4 nitrogen and oxygen atoms in total. The molecule has 0 fully saturated rings. The summed E-state index contributed by atoms with van der Waals surface area (Å²) in [6.45, 7) is 3.17. The maximum Gasteiger partial charge on any atom is 0.255 e. The van der Waals surface area contributed by atoms with E-state index in [1.807, 2.05) is 0 Å². The van der Waals surface area contributed by atoms with Gasteiger partial charge in [-0.2, -0.15) is 0 Å². The van der Waals surface area contributed by atoms with Gasteiger partial charge in [0.15, 0.2) is 0 Å². The topological polar surface area (TPSA) is 47.6 Å². The zero-order chi connectivity index (χ0) is 18.2. The van der Waals surface area contributed by atoms with E-state index in [0.717, 1.165) is 18.4 Å². The van der Waals surface area contributed by atoms with Crippen LogP contribution in [0.1, 0.15) is 35.7 Å². The normalized spacial score (nSPS) is 10.6. The maximum absolute atomic E-state index is 12.5. The first-order valence-electron chi connectivity index (χ1n) is 8.06. The van der Waals surface area contributed by atoms with E-state index in [0.29, 0.717) is 40.3 Å². The highest BCUT2D eigenvalue weighted by molar-refractivity contribution is 6.44. The van der Waals surface area contributed by atoms with Gasteiger partial charge in [0, 0.05) is 17.7 Å². The van der Waals surface area contributed by atoms with Crippen molar-refractivity contribution in [3.8, 4) is 5.75 Å². The number of carbonyl (C=O) groups excluding carboxylic acids is 1. The lowest BCUT2D eigenvalue weighted by atomic mass is 10.1. The van der Waals surface area contributed by atoms with Gasteiger partial charge in [0.05, 0.1) is 29.4 Å². The van der Waals surface area contributed by atoms with Crippen LogP contribution in [0, 0.1) is 0 Å². The molecule has 2 rings (SSSR count). The molecule has 25 heavy (non-hydrogen) atoms. The third-order valence-electron chi connectivity index (χ3n) is 3.64. The SMILES string of the molecule is CCCCOCc1cc(C(=O)Nc2cccc(Cl)c2Cl)ccc1OC. The zero-order valence-electron chi connectivity index (χ0n) is 14.3. The number of methoxy groups -OCH3 is 1. The van der Waals surface area contributed by atoms with Crippen LogP contribution in [0.25, 0.3) is 0 Å². The zero-order valence-corrected chi connectivity index (χ0v) is 15.8. The van der Waals surface area contributed by atoms with Crippen molar-refractivity contribution in [2.24, 2.45) is 0 Å². The Morgan fingerprint density at radius 2 is 2.00 bits per heavy atom. The maximum atomic E-state index is 12.5. The molecule has 1 amide bonds. The molecule has 1 N–H and O–H groups in total. The quantitative estimate of drug-likeness (QED) is 0.607. The van der Waals surface area contributed by atoms with Crippen molar-refractivity contribution in [1.29, 1.82) is 0 Å². The monoisotopic (exact) mass is 381 g/mol. The molecule has 0 aliphatic carbocycles. The largest absolute Gasteiger partial charge is 0.496 e. The number of carbonyl (C=O) groups is 1. The standard InChI is InChI=1S/C19H21Cl2NO3/c1-3-4-10-25-12-14-11-13(8-9-17(14)24-2)19(23)22-16-7-5-6-15(20)18(16)21/h5-9,11H,3-4,10,12H2,1-2H3,(H,22,23). The van der Waals surface area contributed by atoms with Gasteiger partial charge in [-0.05, 0) is 36.8 Å². The van der Waals surface area contributed by atoms with Crippen LogP contribution in [0.5, 0.6) is 5.75 Å². The average Bonchev–Trinajstić information content (AvgIpc) is 2.62. The van der Waals surface area contributed by atoms with Gasteiger partial charge >= 0.3 is 0 Å². The minimum atomic E-state index is -0.276. The van der Waals surface area contributed by atoms with Crippen molar-refractivity contribution in [2.45, 2.75) is 26.4 Å². The van der Waals surface area contributed by atoms with E-state index in [2.05, 4.69) is 12.2 Å². The van der Waals surface area contributed by atoms with E-state index in [4.69, 9.17) is 32.7 Å². The summed E-state index contributed by atoms with van der Waals surface area (Å²) in [6.07, 6.45) is 2.07. The average molecular weight is 382 g/mol. The Kier molecular flexibility index (Phi) is 7.56. The number of nitrogens with one attached hydrogen (secondary N) is 1. The van der Waals surface area contributed by atoms with Gasteiger partial charge in [-0.1, -0.05) is 42.6 Å². The van der Waals surface area contributed by atoms with Crippen molar-refractivity contribution in [3.05, 3.63) is 57.6 Å². The Bertz CT molecular complexity index is 735. The predicted octanol–water partition coefficient (Wildman–Crippen LogP) is 5.57. The second kappa shape index (κ2) is 9.66. The van der Waals surface area contributed by atoms with Crippen molar-refractivity contribution in [3.63, 3.8) is 0 Å². The molecule has 0 aliphatic rings. The summed E-state index contributed by atoms with van der Waals surface area (Å²) in [5.74, 6) is 0.412.